The lowest BCUT2D eigenvalue weighted by molar-refractivity contribution is 0.0940. The van der Waals surface area contributed by atoms with Gasteiger partial charge in [0.15, 0.2) is 0 Å². The predicted octanol–water partition coefficient (Wildman–Crippen LogP) is 3.91. The van der Waals surface area contributed by atoms with E-state index >= 15 is 0 Å². The first-order chi connectivity index (χ1) is 14.4. The smallest absolute Gasteiger partial charge is 0.251 e. The van der Waals surface area contributed by atoms with E-state index in [4.69, 9.17) is 0 Å². The number of benzene rings is 2. The molecule has 1 heterocycles. The Bertz CT molecular complexity index is 843. The fourth-order valence-corrected chi connectivity index (χ4v) is 3.98. The van der Waals surface area contributed by atoms with Crippen molar-refractivity contribution in [2.75, 3.05) is 56.1 Å². The Morgan fingerprint density at radius 1 is 1.07 bits per heavy atom. The standard InChI is InChI=1S/C24H33FN4O/c1-5-28(6-2)21-10-7-19(8-11-21)24(30)26-18(3)22-17-20(25)9-12-23(22)29-15-13-27(4)14-16-29/h7-12,17-18H,5-6,13-16H2,1-4H3,(H,26,30). The van der Waals surface area contributed by atoms with E-state index in [1.54, 1.807) is 6.07 Å². The summed E-state index contributed by atoms with van der Waals surface area (Å²) in [6, 6.07) is 12.2. The summed E-state index contributed by atoms with van der Waals surface area (Å²) < 4.78 is 14.0. The Morgan fingerprint density at radius 3 is 2.30 bits per heavy atom. The molecule has 1 aliphatic rings. The zero-order chi connectivity index (χ0) is 21.7. The van der Waals surface area contributed by atoms with Crippen LogP contribution in [0.4, 0.5) is 15.8 Å². The molecule has 0 aliphatic carbocycles. The van der Waals surface area contributed by atoms with Gasteiger partial charge in [0.1, 0.15) is 5.82 Å². The molecule has 5 nitrogen and oxygen atoms in total. The van der Waals surface area contributed by atoms with Crippen molar-refractivity contribution in [1.29, 1.82) is 0 Å². The topological polar surface area (TPSA) is 38.8 Å². The third-order valence-corrected chi connectivity index (χ3v) is 5.91. The van der Waals surface area contributed by atoms with Gasteiger partial charge in [0.05, 0.1) is 6.04 Å². The number of halogens is 1. The van der Waals surface area contributed by atoms with Crippen LogP contribution in [0.3, 0.4) is 0 Å². The molecule has 1 atom stereocenters. The molecular weight excluding hydrogens is 379 g/mol. The van der Waals surface area contributed by atoms with Gasteiger partial charge in [-0.25, -0.2) is 4.39 Å². The number of nitrogens with one attached hydrogen (secondary N) is 1. The molecule has 6 heteroatoms. The first kappa shape index (κ1) is 22.1. The van der Waals surface area contributed by atoms with Crippen LogP contribution in [0, 0.1) is 5.82 Å². The highest BCUT2D eigenvalue weighted by Crippen LogP contribution is 2.28. The quantitative estimate of drug-likeness (QED) is 0.748. The Kier molecular flexibility index (Phi) is 7.32. The highest BCUT2D eigenvalue weighted by Gasteiger charge is 2.21. The molecule has 1 fully saturated rings. The minimum Gasteiger partial charge on any atom is -0.372 e. The molecule has 0 radical (unpaired) electrons. The number of nitrogens with zero attached hydrogens (tertiary/aromatic N) is 3. The van der Waals surface area contributed by atoms with Crippen LogP contribution in [0.25, 0.3) is 0 Å². The average Bonchev–Trinajstić information content (AvgIpc) is 2.75. The third kappa shape index (κ3) is 5.11. The summed E-state index contributed by atoms with van der Waals surface area (Å²) in [4.78, 5) is 19.6. The van der Waals surface area contributed by atoms with Crippen molar-refractivity contribution in [3.63, 3.8) is 0 Å². The molecule has 162 valence electrons. The normalized spacial score (nSPS) is 15.7. The molecule has 0 saturated carbocycles. The molecule has 1 unspecified atom stereocenters. The number of rotatable bonds is 7. The van der Waals surface area contributed by atoms with E-state index in [9.17, 15) is 9.18 Å². The van der Waals surface area contributed by atoms with Gasteiger partial charge < -0.3 is 20.0 Å². The summed E-state index contributed by atoms with van der Waals surface area (Å²) in [6.45, 7) is 11.7. The van der Waals surface area contributed by atoms with Crippen molar-refractivity contribution in [2.45, 2.75) is 26.8 Å². The van der Waals surface area contributed by atoms with Crippen LogP contribution in [0.15, 0.2) is 42.5 Å². The molecule has 0 bridgehead atoms. The second-order valence-corrected chi connectivity index (χ2v) is 7.91. The first-order valence-corrected chi connectivity index (χ1v) is 10.8. The number of hydrogen-bond acceptors (Lipinski definition) is 4. The van der Waals surface area contributed by atoms with E-state index in [-0.39, 0.29) is 17.8 Å². The SMILES string of the molecule is CCN(CC)c1ccc(C(=O)NC(C)c2cc(F)ccc2N2CCN(C)CC2)cc1. The molecule has 1 aliphatic heterocycles. The van der Waals surface area contributed by atoms with Crippen LogP contribution in [-0.4, -0.2) is 57.1 Å². The predicted molar refractivity (Wildman–Crippen MR) is 122 cm³/mol. The fraction of sp³-hybridized carbons (Fsp3) is 0.458. The van der Waals surface area contributed by atoms with E-state index in [0.29, 0.717) is 5.56 Å². The molecule has 30 heavy (non-hydrogen) atoms. The van der Waals surface area contributed by atoms with Crippen molar-refractivity contribution in [3.05, 3.63) is 59.4 Å². The lowest BCUT2D eigenvalue weighted by atomic mass is 10.0. The van der Waals surface area contributed by atoms with Crippen molar-refractivity contribution < 1.29 is 9.18 Å². The molecule has 0 spiro atoms. The lowest BCUT2D eigenvalue weighted by Gasteiger charge is -2.36. The third-order valence-electron chi connectivity index (χ3n) is 5.91. The second-order valence-electron chi connectivity index (χ2n) is 7.91. The van der Waals surface area contributed by atoms with Crippen molar-refractivity contribution in [3.8, 4) is 0 Å². The number of piperazine rings is 1. The number of amides is 1. The van der Waals surface area contributed by atoms with Gasteiger partial charge >= 0.3 is 0 Å². The molecule has 2 aromatic carbocycles. The molecule has 2 aromatic rings. The first-order valence-electron chi connectivity index (χ1n) is 10.8. The summed E-state index contributed by atoms with van der Waals surface area (Å²) in [5, 5.41) is 3.05. The van der Waals surface area contributed by atoms with E-state index in [2.05, 4.69) is 40.9 Å². The summed E-state index contributed by atoms with van der Waals surface area (Å²) in [5.41, 5.74) is 3.52. The average molecular weight is 413 g/mol. The largest absolute Gasteiger partial charge is 0.372 e. The number of carbonyl (C=O) groups is 1. The summed E-state index contributed by atoms with van der Waals surface area (Å²) in [7, 11) is 2.11. The molecule has 3 rings (SSSR count). The van der Waals surface area contributed by atoms with Crippen LogP contribution in [-0.2, 0) is 0 Å². The van der Waals surface area contributed by atoms with Crippen LogP contribution in [0.5, 0.6) is 0 Å². The highest BCUT2D eigenvalue weighted by atomic mass is 19.1. The van der Waals surface area contributed by atoms with Crippen molar-refractivity contribution in [1.82, 2.24) is 10.2 Å². The van der Waals surface area contributed by atoms with E-state index in [1.165, 1.54) is 6.07 Å². The maximum absolute atomic E-state index is 14.0. The van der Waals surface area contributed by atoms with Crippen LogP contribution in [0.2, 0.25) is 0 Å². The Hall–Kier alpha value is -2.60. The van der Waals surface area contributed by atoms with E-state index in [0.717, 1.165) is 56.2 Å². The monoisotopic (exact) mass is 412 g/mol. The van der Waals surface area contributed by atoms with Gasteiger partial charge in [-0.05, 0) is 70.3 Å². The molecule has 1 N–H and O–H groups in total. The maximum Gasteiger partial charge on any atom is 0.251 e. The van der Waals surface area contributed by atoms with E-state index < -0.39 is 0 Å². The zero-order valence-corrected chi connectivity index (χ0v) is 18.5. The maximum atomic E-state index is 14.0. The number of likely N-dealkylation sites (N-methyl/N-ethyl adjacent to an activating group) is 1. The lowest BCUT2D eigenvalue weighted by Crippen LogP contribution is -2.45. The molecule has 1 saturated heterocycles. The van der Waals surface area contributed by atoms with E-state index in [1.807, 2.05) is 37.3 Å². The van der Waals surface area contributed by atoms with Gasteiger partial charge in [-0.1, -0.05) is 0 Å². The van der Waals surface area contributed by atoms with Gasteiger partial charge in [-0.3, -0.25) is 4.79 Å². The summed E-state index contributed by atoms with van der Waals surface area (Å²) >= 11 is 0. The van der Waals surface area contributed by atoms with Gasteiger partial charge in [0.2, 0.25) is 0 Å². The Balaban J connectivity index is 1.74. The fourth-order valence-electron chi connectivity index (χ4n) is 3.98. The minimum atomic E-state index is -0.301. The number of anilines is 2. The minimum absolute atomic E-state index is 0.151. The Morgan fingerprint density at radius 2 is 1.70 bits per heavy atom. The molecule has 0 aromatic heterocycles. The number of carbonyl (C=O) groups excluding carboxylic acids is 1. The van der Waals surface area contributed by atoms with Crippen molar-refractivity contribution >= 4 is 17.3 Å². The number of hydrogen-bond donors (Lipinski definition) is 1. The highest BCUT2D eigenvalue weighted by molar-refractivity contribution is 5.94. The van der Waals surface area contributed by atoms with Crippen LogP contribution < -0.4 is 15.1 Å². The van der Waals surface area contributed by atoms with Crippen LogP contribution in [0.1, 0.15) is 42.7 Å². The zero-order valence-electron chi connectivity index (χ0n) is 18.5. The van der Waals surface area contributed by atoms with Crippen molar-refractivity contribution in [2.24, 2.45) is 0 Å². The Labute approximate surface area is 179 Å². The molecule has 1 amide bonds. The van der Waals surface area contributed by atoms with Gasteiger partial charge in [0, 0.05) is 61.8 Å². The van der Waals surface area contributed by atoms with Gasteiger partial charge in [-0.2, -0.15) is 0 Å². The van der Waals surface area contributed by atoms with Gasteiger partial charge in [-0.15, -0.1) is 0 Å². The van der Waals surface area contributed by atoms with Gasteiger partial charge in [0.25, 0.3) is 5.91 Å². The summed E-state index contributed by atoms with van der Waals surface area (Å²) in [6.07, 6.45) is 0. The van der Waals surface area contributed by atoms with Crippen LogP contribution >= 0.6 is 0 Å². The summed E-state index contributed by atoms with van der Waals surface area (Å²) in [5.74, 6) is -0.435. The second kappa shape index (κ2) is 9.94. The molecular formula is C24H33FN4O.